The van der Waals surface area contributed by atoms with E-state index in [1.807, 2.05) is 0 Å². The first-order valence-electron chi connectivity index (χ1n) is 4.81. The summed E-state index contributed by atoms with van der Waals surface area (Å²) in [7, 11) is 0. The second kappa shape index (κ2) is 5.10. The van der Waals surface area contributed by atoms with Crippen LogP contribution in [0.5, 0.6) is 5.75 Å². The maximum absolute atomic E-state index is 12.1. The van der Waals surface area contributed by atoms with Gasteiger partial charge < -0.3 is 4.74 Å². The van der Waals surface area contributed by atoms with Crippen molar-refractivity contribution in [2.45, 2.75) is 6.61 Å². The molecule has 0 atom stereocenters. The Labute approximate surface area is 102 Å². The van der Waals surface area contributed by atoms with Gasteiger partial charge in [0.2, 0.25) is 0 Å². The zero-order chi connectivity index (χ0) is 12.3. The van der Waals surface area contributed by atoms with Gasteiger partial charge in [-0.15, -0.1) is 0 Å². The van der Waals surface area contributed by atoms with Crippen LogP contribution in [0.1, 0.15) is 0 Å². The number of hydrogen-bond donors (Lipinski definition) is 0. The Kier molecular flexibility index (Phi) is 3.54. The first-order valence-corrected chi connectivity index (χ1v) is 5.19. The molecule has 2 aromatic rings. The Hall–Kier alpha value is -1.68. The predicted octanol–water partition coefficient (Wildman–Crippen LogP) is 4.00. The molecule has 2 nitrogen and oxygen atoms in total. The topological polar surface area (TPSA) is 22.1 Å². The second-order valence-corrected chi connectivity index (χ2v) is 3.66. The van der Waals surface area contributed by atoms with Crippen LogP contribution in [0.3, 0.4) is 0 Å². The van der Waals surface area contributed by atoms with Crippen molar-refractivity contribution in [3.63, 3.8) is 0 Å². The van der Waals surface area contributed by atoms with E-state index in [0.717, 1.165) is 5.56 Å². The van der Waals surface area contributed by atoms with E-state index in [-0.39, 0.29) is 5.75 Å². The molecule has 1 heterocycles. The average Bonchev–Trinajstić information content (AvgIpc) is 2.32. The summed E-state index contributed by atoms with van der Waals surface area (Å²) in [5.74, 6) is 0.0798. The first-order chi connectivity index (χ1) is 8.16. The van der Waals surface area contributed by atoms with Crippen molar-refractivity contribution in [3.8, 4) is 16.9 Å². The van der Waals surface area contributed by atoms with E-state index in [1.165, 1.54) is 18.2 Å². The lowest BCUT2D eigenvalue weighted by Gasteiger charge is -2.08. The molecular formula is C12H8ClF2NO. The summed E-state index contributed by atoms with van der Waals surface area (Å²) in [6.45, 7) is -2.85. The molecule has 0 aliphatic heterocycles. The van der Waals surface area contributed by atoms with Crippen LogP contribution >= 0.6 is 11.6 Å². The van der Waals surface area contributed by atoms with Crippen LogP contribution in [0.4, 0.5) is 8.78 Å². The molecule has 0 bridgehead atoms. The molecule has 0 aliphatic carbocycles. The maximum Gasteiger partial charge on any atom is 0.387 e. The largest absolute Gasteiger partial charge is 0.435 e. The van der Waals surface area contributed by atoms with Gasteiger partial charge in [0.05, 0.1) is 0 Å². The third-order valence-corrected chi connectivity index (χ3v) is 2.48. The fourth-order valence-electron chi connectivity index (χ4n) is 1.43. The minimum atomic E-state index is -2.85. The van der Waals surface area contributed by atoms with Gasteiger partial charge in [-0.2, -0.15) is 8.78 Å². The van der Waals surface area contributed by atoms with Gasteiger partial charge in [0.1, 0.15) is 5.75 Å². The van der Waals surface area contributed by atoms with Crippen LogP contribution in [0.15, 0.2) is 42.7 Å². The van der Waals surface area contributed by atoms with Crippen molar-refractivity contribution in [3.05, 3.63) is 47.7 Å². The van der Waals surface area contributed by atoms with Crippen LogP contribution in [0.2, 0.25) is 5.02 Å². The molecule has 0 radical (unpaired) electrons. The number of hydrogen-bond acceptors (Lipinski definition) is 2. The fourth-order valence-corrected chi connectivity index (χ4v) is 1.66. The van der Waals surface area contributed by atoms with E-state index in [9.17, 15) is 8.78 Å². The first kappa shape index (κ1) is 11.8. The molecule has 0 aliphatic rings. The van der Waals surface area contributed by atoms with Gasteiger partial charge in [0.25, 0.3) is 0 Å². The summed E-state index contributed by atoms with van der Waals surface area (Å²) in [5, 5.41) is 0.470. The fraction of sp³-hybridized carbons (Fsp3) is 0.0833. The zero-order valence-corrected chi connectivity index (χ0v) is 9.36. The van der Waals surface area contributed by atoms with Crippen LogP contribution in [-0.4, -0.2) is 11.6 Å². The number of aromatic nitrogens is 1. The second-order valence-electron chi connectivity index (χ2n) is 3.26. The SMILES string of the molecule is FC(F)Oc1ccc(Cl)c(-c2ccncc2)c1. The molecule has 0 spiro atoms. The number of alkyl halides is 2. The lowest BCUT2D eigenvalue weighted by atomic mass is 10.1. The lowest BCUT2D eigenvalue weighted by molar-refractivity contribution is -0.0498. The molecule has 0 N–H and O–H groups in total. The molecule has 0 amide bonds. The van der Waals surface area contributed by atoms with E-state index < -0.39 is 6.61 Å². The highest BCUT2D eigenvalue weighted by molar-refractivity contribution is 6.33. The van der Waals surface area contributed by atoms with Gasteiger partial charge in [0.15, 0.2) is 0 Å². The highest BCUT2D eigenvalue weighted by Crippen LogP contribution is 2.31. The Morgan fingerprint density at radius 2 is 1.82 bits per heavy atom. The van der Waals surface area contributed by atoms with Crippen molar-refractivity contribution in [1.82, 2.24) is 4.98 Å². The van der Waals surface area contributed by atoms with Gasteiger partial charge >= 0.3 is 6.61 Å². The number of pyridine rings is 1. The van der Waals surface area contributed by atoms with E-state index in [2.05, 4.69) is 9.72 Å². The molecule has 1 aromatic heterocycles. The summed E-state index contributed by atoms with van der Waals surface area (Å²) < 4.78 is 28.5. The number of benzene rings is 1. The Morgan fingerprint density at radius 3 is 2.47 bits per heavy atom. The average molecular weight is 256 g/mol. The summed E-state index contributed by atoms with van der Waals surface area (Å²) in [6.07, 6.45) is 3.21. The molecule has 88 valence electrons. The number of ether oxygens (including phenoxy) is 1. The molecule has 0 saturated heterocycles. The molecule has 5 heteroatoms. The van der Waals surface area contributed by atoms with Crippen molar-refractivity contribution in [2.24, 2.45) is 0 Å². The van der Waals surface area contributed by atoms with E-state index in [4.69, 9.17) is 11.6 Å². The van der Waals surface area contributed by atoms with Crippen molar-refractivity contribution >= 4 is 11.6 Å². The van der Waals surface area contributed by atoms with E-state index >= 15 is 0 Å². The molecule has 2 rings (SSSR count). The maximum atomic E-state index is 12.1. The summed E-state index contributed by atoms with van der Waals surface area (Å²) in [4.78, 5) is 3.88. The minimum absolute atomic E-state index is 0.0798. The Balaban J connectivity index is 2.40. The van der Waals surface area contributed by atoms with Crippen LogP contribution in [0, 0.1) is 0 Å². The Morgan fingerprint density at radius 1 is 1.12 bits per heavy atom. The zero-order valence-electron chi connectivity index (χ0n) is 8.61. The Bertz CT molecular complexity index is 505. The van der Waals surface area contributed by atoms with Gasteiger partial charge in [0, 0.05) is 23.0 Å². The van der Waals surface area contributed by atoms with Gasteiger partial charge in [-0.05, 0) is 35.9 Å². The number of halogens is 3. The minimum Gasteiger partial charge on any atom is -0.435 e. The van der Waals surface area contributed by atoms with Crippen molar-refractivity contribution in [2.75, 3.05) is 0 Å². The highest BCUT2D eigenvalue weighted by Gasteiger charge is 2.08. The molecule has 0 fully saturated rings. The lowest BCUT2D eigenvalue weighted by Crippen LogP contribution is -2.01. The van der Waals surface area contributed by atoms with Gasteiger partial charge in [-0.1, -0.05) is 11.6 Å². The molecule has 1 aromatic carbocycles. The quantitative estimate of drug-likeness (QED) is 0.827. The van der Waals surface area contributed by atoms with Crippen molar-refractivity contribution in [1.29, 1.82) is 0 Å². The van der Waals surface area contributed by atoms with Crippen molar-refractivity contribution < 1.29 is 13.5 Å². The van der Waals surface area contributed by atoms with Gasteiger partial charge in [-0.25, -0.2) is 0 Å². The standard InChI is InChI=1S/C12H8ClF2NO/c13-11-2-1-9(17-12(14)15)7-10(11)8-3-5-16-6-4-8/h1-7,12H. The third kappa shape index (κ3) is 2.91. The van der Waals surface area contributed by atoms with Crippen LogP contribution in [-0.2, 0) is 0 Å². The normalized spacial score (nSPS) is 10.6. The van der Waals surface area contributed by atoms with E-state index in [0.29, 0.717) is 10.6 Å². The molecule has 0 unspecified atom stereocenters. The molecular weight excluding hydrogens is 248 g/mol. The smallest absolute Gasteiger partial charge is 0.387 e. The van der Waals surface area contributed by atoms with Crippen LogP contribution in [0.25, 0.3) is 11.1 Å². The summed E-state index contributed by atoms with van der Waals surface area (Å²) >= 11 is 6.00. The predicted molar refractivity (Wildman–Crippen MR) is 61.3 cm³/mol. The van der Waals surface area contributed by atoms with Gasteiger partial charge in [-0.3, -0.25) is 4.98 Å². The summed E-state index contributed by atoms with van der Waals surface area (Å²) in [5.41, 5.74) is 1.43. The highest BCUT2D eigenvalue weighted by atomic mass is 35.5. The number of nitrogens with zero attached hydrogens (tertiary/aromatic N) is 1. The van der Waals surface area contributed by atoms with E-state index in [1.54, 1.807) is 24.5 Å². The van der Waals surface area contributed by atoms with Crippen LogP contribution < -0.4 is 4.74 Å². The molecule has 0 saturated carbocycles. The third-order valence-electron chi connectivity index (χ3n) is 2.15. The molecule has 17 heavy (non-hydrogen) atoms. The summed E-state index contributed by atoms with van der Waals surface area (Å²) in [6, 6.07) is 7.89. The number of rotatable bonds is 3. The monoisotopic (exact) mass is 255 g/mol.